The fourth-order valence-electron chi connectivity index (χ4n) is 2.16. The number of nitrogens with one attached hydrogen (secondary N) is 1. The van der Waals surface area contributed by atoms with E-state index in [-0.39, 0.29) is 5.91 Å². The van der Waals surface area contributed by atoms with Gasteiger partial charge >= 0.3 is 0 Å². The summed E-state index contributed by atoms with van der Waals surface area (Å²) in [6.07, 6.45) is 6.51. The van der Waals surface area contributed by atoms with E-state index in [1.54, 1.807) is 23.9 Å². The first-order chi connectivity index (χ1) is 8.74. The summed E-state index contributed by atoms with van der Waals surface area (Å²) >= 11 is 7.58. The lowest BCUT2D eigenvalue weighted by Gasteiger charge is -2.20. The maximum atomic E-state index is 11.8. The molecule has 1 saturated carbocycles. The molecule has 1 N–H and O–H groups in total. The van der Waals surface area contributed by atoms with Crippen molar-refractivity contribution in [3.05, 3.63) is 29.3 Å². The normalized spacial score (nSPS) is 16.5. The predicted molar refractivity (Wildman–Crippen MR) is 79.4 cm³/mol. The lowest BCUT2D eigenvalue weighted by Crippen LogP contribution is -2.17. The Labute approximate surface area is 117 Å². The molecule has 0 bridgehead atoms. The standard InChI is InChI=1S/C14H18ClNOS/c15-11-6-8-12(9-7-11)16-14(17)10-18-13-4-2-1-3-5-13/h6-9,13H,1-5,10H2,(H,16,17). The molecule has 0 heterocycles. The number of amides is 1. The summed E-state index contributed by atoms with van der Waals surface area (Å²) in [6, 6.07) is 7.22. The minimum atomic E-state index is 0.0768. The topological polar surface area (TPSA) is 29.1 Å². The van der Waals surface area contributed by atoms with E-state index in [9.17, 15) is 4.79 Å². The third kappa shape index (κ3) is 4.54. The van der Waals surface area contributed by atoms with E-state index in [0.717, 1.165) is 5.69 Å². The fourth-order valence-corrected chi connectivity index (χ4v) is 3.41. The van der Waals surface area contributed by atoms with Gasteiger partial charge in [-0.3, -0.25) is 4.79 Å². The molecule has 18 heavy (non-hydrogen) atoms. The first-order valence-corrected chi connectivity index (χ1v) is 7.84. The maximum Gasteiger partial charge on any atom is 0.234 e. The van der Waals surface area contributed by atoms with Gasteiger partial charge in [-0.15, -0.1) is 11.8 Å². The van der Waals surface area contributed by atoms with Gasteiger partial charge in [-0.25, -0.2) is 0 Å². The molecule has 0 saturated heterocycles. The van der Waals surface area contributed by atoms with Crippen LogP contribution in [0.25, 0.3) is 0 Å². The number of carbonyl (C=O) groups excluding carboxylic acids is 1. The molecule has 98 valence electrons. The van der Waals surface area contributed by atoms with Gasteiger partial charge in [-0.1, -0.05) is 30.9 Å². The summed E-state index contributed by atoms with van der Waals surface area (Å²) < 4.78 is 0. The Morgan fingerprint density at radius 3 is 2.56 bits per heavy atom. The lowest BCUT2D eigenvalue weighted by molar-refractivity contribution is -0.113. The highest BCUT2D eigenvalue weighted by atomic mass is 35.5. The summed E-state index contributed by atoms with van der Waals surface area (Å²) in [4.78, 5) is 11.8. The molecule has 1 aromatic carbocycles. The van der Waals surface area contributed by atoms with Crippen LogP contribution in [-0.2, 0) is 4.79 Å². The highest BCUT2D eigenvalue weighted by Crippen LogP contribution is 2.28. The van der Waals surface area contributed by atoms with E-state index < -0.39 is 0 Å². The van der Waals surface area contributed by atoms with Crippen LogP contribution < -0.4 is 5.32 Å². The third-order valence-corrected chi connectivity index (χ3v) is 4.75. The molecule has 2 rings (SSSR count). The van der Waals surface area contributed by atoms with E-state index in [4.69, 9.17) is 11.6 Å². The van der Waals surface area contributed by atoms with Crippen molar-refractivity contribution in [2.75, 3.05) is 11.1 Å². The molecule has 1 aromatic rings. The molecular formula is C14H18ClNOS. The fraction of sp³-hybridized carbons (Fsp3) is 0.500. The van der Waals surface area contributed by atoms with Gasteiger partial charge in [0.25, 0.3) is 0 Å². The monoisotopic (exact) mass is 283 g/mol. The van der Waals surface area contributed by atoms with Crippen LogP contribution >= 0.6 is 23.4 Å². The van der Waals surface area contributed by atoms with Crippen LogP contribution in [0.4, 0.5) is 5.69 Å². The van der Waals surface area contributed by atoms with Gasteiger partial charge in [0.1, 0.15) is 0 Å². The molecule has 0 atom stereocenters. The van der Waals surface area contributed by atoms with Crippen molar-refractivity contribution in [2.45, 2.75) is 37.4 Å². The Balaban J connectivity index is 1.73. The average molecular weight is 284 g/mol. The molecule has 4 heteroatoms. The number of halogens is 1. The van der Waals surface area contributed by atoms with E-state index in [2.05, 4.69) is 5.32 Å². The van der Waals surface area contributed by atoms with Crippen LogP contribution in [0.3, 0.4) is 0 Å². The van der Waals surface area contributed by atoms with Crippen LogP contribution in [0.15, 0.2) is 24.3 Å². The van der Waals surface area contributed by atoms with E-state index >= 15 is 0 Å². The van der Waals surface area contributed by atoms with Crippen LogP contribution in [-0.4, -0.2) is 16.9 Å². The number of benzene rings is 1. The molecule has 0 aromatic heterocycles. The summed E-state index contributed by atoms with van der Waals surface area (Å²) in [6.45, 7) is 0. The highest BCUT2D eigenvalue weighted by Gasteiger charge is 2.15. The first-order valence-electron chi connectivity index (χ1n) is 6.41. The Morgan fingerprint density at radius 2 is 1.89 bits per heavy atom. The minimum absolute atomic E-state index is 0.0768. The smallest absolute Gasteiger partial charge is 0.234 e. The van der Waals surface area contributed by atoms with Crippen molar-refractivity contribution >= 4 is 35.0 Å². The van der Waals surface area contributed by atoms with Crippen molar-refractivity contribution in [1.82, 2.24) is 0 Å². The molecule has 0 unspecified atom stereocenters. The predicted octanol–water partition coefficient (Wildman–Crippen LogP) is 4.34. The molecular weight excluding hydrogens is 266 g/mol. The van der Waals surface area contributed by atoms with Gasteiger partial charge in [-0.2, -0.15) is 0 Å². The van der Waals surface area contributed by atoms with E-state index in [0.29, 0.717) is 16.0 Å². The van der Waals surface area contributed by atoms with Gasteiger partial charge in [0.2, 0.25) is 5.91 Å². The van der Waals surface area contributed by atoms with Crippen molar-refractivity contribution in [1.29, 1.82) is 0 Å². The average Bonchev–Trinajstić information content (AvgIpc) is 2.40. The Kier molecular flexibility index (Phi) is 5.39. The number of hydrogen-bond acceptors (Lipinski definition) is 2. The highest BCUT2D eigenvalue weighted by molar-refractivity contribution is 8.00. The molecule has 0 aliphatic heterocycles. The zero-order valence-electron chi connectivity index (χ0n) is 10.3. The van der Waals surface area contributed by atoms with Crippen LogP contribution in [0, 0.1) is 0 Å². The minimum Gasteiger partial charge on any atom is -0.325 e. The van der Waals surface area contributed by atoms with Crippen molar-refractivity contribution < 1.29 is 4.79 Å². The Hall–Kier alpha value is -0.670. The summed E-state index contributed by atoms with van der Waals surface area (Å²) in [5.41, 5.74) is 0.814. The summed E-state index contributed by atoms with van der Waals surface area (Å²) in [5.74, 6) is 0.626. The number of anilines is 1. The van der Waals surface area contributed by atoms with Crippen molar-refractivity contribution in [2.24, 2.45) is 0 Å². The molecule has 1 aliphatic carbocycles. The first kappa shape index (κ1) is 13.8. The molecule has 0 radical (unpaired) electrons. The Bertz CT molecular complexity index is 387. The lowest BCUT2D eigenvalue weighted by atomic mass is 10.0. The molecule has 1 fully saturated rings. The molecule has 2 nitrogen and oxygen atoms in total. The largest absolute Gasteiger partial charge is 0.325 e. The second-order valence-electron chi connectivity index (χ2n) is 4.63. The van der Waals surface area contributed by atoms with Gasteiger partial charge in [0, 0.05) is 16.0 Å². The molecule has 0 spiro atoms. The van der Waals surface area contributed by atoms with Crippen molar-refractivity contribution in [3.8, 4) is 0 Å². The number of hydrogen-bond donors (Lipinski definition) is 1. The summed E-state index contributed by atoms with van der Waals surface area (Å²) in [5, 5.41) is 4.25. The van der Waals surface area contributed by atoms with Gasteiger partial charge in [-0.05, 0) is 37.1 Å². The second kappa shape index (κ2) is 7.05. The molecule has 1 amide bonds. The third-order valence-electron chi connectivity index (χ3n) is 3.13. The van der Waals surface area contributed by atoms with Crippen LogP contribution in [0.1, 0.15) is 32.1 Å². The van der Waals surface area contributed by atoms with Gasteiger partial charge < -0.3 is 5.32 Å². The van der Waals surface area contributed by atoms with Gasteiger partial charge in [0.05, 0.1) is 5.75 Å². The zero-order valence-corrected chi connectivity index (χ0v) is 11.9. The van der Waals surface area contributed by atoms with Gasteiger partial charge in [0.15, 0.2) is 0 Å². The van der Waals surface area contributed by atoms with Crippen molar-refractivity contribution in [3.63, 3.8) is 0 Å². The second-order valence-corrected chi connectivity index (χ2v) is 6.35. The van der Waals surface area contributed by atoms with E-state index in [1.807, 2.05) is 12.1 Å². The number of thioether (sulfide) groups is 1. The van der Waals surface area contributed by atoms with Crippen LogP contribution in [0.2, 0.25) is 5.02 Å². The number of carbonyl (C=O) groups is 1. The summed E-state index contributed by atoms with van der Waals surface area (Å²) in [7, 11) is 0. The quantitative estimate of drug-likeness (QED) is 0.890. The SMILES string of the molecule is O=C(CSC1CCCCC1)Nc1ccc(Cl)cc1. The van der Waals surface area contributed by atoms with Crippen LogP contribution in [0.5, 0.6) is 0 Å². The zero-order chi connectivity index (χ0) is 12.8. The molecule has 1 aliphatic rings. The maximum absolute atomic E-state index is 11.8. The number of rotatable bonds is 4. The van der Waals surface area contributed by atoms with E-state index in [1.165, 1.54) is 32.1 Å². The Morgan fingerprint density at radius 1 is 1.22 bits per heavy atom.